The molecule has 7 heteroatoms. The maximum absolute atomic E-state index is 10.4. The smallest absolute Gasteiger partial charge is 0.314 e. The first kappa shape index (κ1) is 12.6. The molecule has 0 bridgehead atoms. The number of carbonyl (C=O) groups is 1. The van der Waals surface area contributed by atoms with Crippen LogP contribution in [0.15, 0.2) is 21.9 Å². The summed E-state index contributed by atoms with van der Waals surface area (Å²) in [6.07, 6.45) is 0. The van der Waals surface area contributed by atoms with E-state index in [9.17, 15) is 4.79 Å². The second-order valence-electron chi connectivity index (χ2n) is 3.70. The highest BCUT2D eigenvalue weighted by molar-refractivity contribution is 7.99. The van der Waals surface area contributed by atoms with Crippen LogP contribution >= 0.6 is 11.8 Å². The van der Waals surface area contributed by atoms with E-state index in [-0.39, 0.29) is 11.0 Å². The topological polar surface area (TPSA) is 89.1 Å². The first-order valence-electron chi connectivity index (χ1n) is 5.18. The van der Waals surface area contributed by atoms with Gasteiger partial charge in [-0.3, -0.25) is 9.78 Å². The minimum Gasteiger partial charge on any atom is -0.481 e. The van der Waals surface area contributed by atoms with Crippen molar-refractivity contribution in [3.05, 3.63) is 23.5 Å². The van der Waals surface area contributed by atoms with Crippen LogP contribution in [0, 0.1) is 13.8 Å². The largest absolute Gasteiger partial charge is 0.481 e. The lowest BCUT2D eigenvalue weighted by atomic mass is 10.2. The molecule has 0 spiro atoms. The molecule has 2 aromatic heterocycles. The number of thioether (sulfide) groups is 1. The molecule has 0 atom stereocenters. The van der Waals surface area contributed by atoms with Gasteiger partial charge in [0.15, 0.2) is 0 Å². The van der Waals surface area contributed by atoms with Gasteiger partial charge in [0.05, 0.1) is 0 Å². The van der Waals surface area contributed by atoms with Crippen LogP contribution in [0.3, 0.4) is 0 Å². The number of carboxylic acids is 1. The third-order valence-electron chi connectivity index (χ3n) is 2.07. The van der Waals surface area contributed by atoms with Crippen molar-refractivity contribution < 1.29 is 14.4 Å². The highest BCUT2D eigenvalue weighted by atomic mass is 32.2. The van der Waals surface area contributed by atoms with Crippen LogP contribution < -0.4 is 0 Å². The third-order valence-corrected chi connectivity index (χ3v) is 2.87. The lowest BCUT2D eigenvalue weighted by Crippen LogP contribution is -1.97. The molecule has 2 rings (SSSR count). The van der Waals surface area contributed by atoms with Gasteiger partial charge in [0, 0.05) is 17.0 Å². The number of carboxylic acid groups (broad SMARTS) is 1. The Kier molecular flexibility index (Phi) is 3.61. The second kappa shape index (κ2) is 5.18. The molecule has 0 amide bonds. The quantitative estimate of drug-likeness (QED) is 0.845. The minimum absolute atomic E-state index is 0.101. The van der Waals surface area contributed by atoms with Crippen LogP contribution in [0.5, 0.6) is 0 Å². The molecule has 0 saturated heterocycles. The summed E-state index contributed by atoms with van der Waals surface area (Å²) < 4.78 is 4.97. The lowest BCUT2D eigenvalue weighted by Gasteiger charge is -1.98. The zero-order valence-electron chi connectivity index (χ0n) is 9.88. The average molecular weight is 265 g/mol. The van der Waals surface area contributed by atoms with Crippen LogP contribution in [0.1, 0.15) is 11.4 Å². The van der Waals surface area contributed by atoms with Crippen molar-refractivity contribution in [3.63, 3.8) is 0 Å². The van der Waals surface area contributed by atoms with Crippen molar-refractivity contribution in [1.29, 1.82) is 0 Å². The fourth-order valence-electron chi connectivity index (χ4n) is 1.47. The standard InChI is InChI=1S/C11H11N3O3S/c1-6-3-8(4-7(2)12-6)10-13-11(17-14-10)18-5-9(15)16/h3-4H,5H2,1-2H3,(H,15,16). The summed E-state index contributed by atoms with van der Waals surface area (Å²) in [6, 6.07) is 3.70. The van der Waals surface area contributed by atoms with Gasteiger partial charge in [-0.15, -0.1) is 0 Å². The van der Waals surface area contributed by atoms with Gasteiger partial charge in [-0.25, -0.2) is 0 Å². The fraction of sp³-hybridized carbons (Fsp3) is 0.273. The fourth-order valence-corrected chi connectivity index (χ4v) is 1.96. The van der Waals surface area contributed by atoms with Crippen LogP contribution in [-0.4, -0.2) is 32.0 Å². The van der Waals surface area contributed by atoms with Gasteiger partial charge in [-0.2, -0.15) is 4.98 Å². The van der Waals surface area contributed by atoms with E-state index >= 15 is 0 Å². The van der Waals surface area contributed by atoms with Gasteiger partial charge >= 0.3 is 5.97 Å². The summed E-state index contributed by atoms with van der Waals surface area (Å²) in [6.45, 7) is 3.77. The highest BCUT2D eigenvalue weighted by Gasteiger charge is 2.11. The van der Waals surface area contributed by atoms with Crippen molar-refractivity contribution >= 4 is 17.7 Å². The summed E-state index contributed by atoms with van der Waals surface area (Å²) in [5.41, 5.74) is 2.55. The van der Waals surface area contributed by atoms with Crippen LogP contribution in [0.2, 0.25) is 0 Å². The van der Waals surface area contributed by atoms with Crippen molar-refractivity contribution in [3.8, 4) is 11.4 Å². The molecule has 94 valence electrons. The number of nitrogens with zero attached hydrogens (tertiary/aromatic N) is 3. The van der Waals surface area contributed by atoms with Gasteiger partial charge < -0.3 is 9.63 Å². The molecular formula is C11H11N3O3S. The molecule has 0 aromatic carbocycles. The molecule has 0 radical (unpaired) electrons. The maximum atomic E-state index is 10.4. The van der Waals surface area contributed by atoms with Crippen LogP contribution in [0.25, 0.3) is 11.4 Å². The Hall–Kier alpha value is -1.89. The number of rotatable bonds is 4. The number of aliphatic carboxylic acids is 1. The molecule has 6 nitrogen and oxygen atoms in total. The molecule has 0 unspecified atom stereocenters. The van der Waals surface area contributed by atoms with Gasteiger partial charge in [-0.05, 0) is 26.0 Å². The van der Waals surface area contributed by atoms with Crippen molar-refractivity contribution in [1.82, 2.24) is 15.1 Å². The molecule has 18 heavy (non-hydrogen) atoms. The Morgan fingerprint density at radius 3 is 2.61 bits per heavy atom. The number of pyridine rings is 1. The molecule has 0 aliphatic rings. The van der Waals surface area contributed by atoms with E-state index in [2.05, 4.69) is 15.1 Å². The normalized spacial score (nSPS) is 10.6. The molecule has 0 aliphatic carbocycles. The third kappa shape index (κ3) is 3.07. The number of hydrogen-bond acceptors (Lipinski definition) is 6. The average Bonchev–Trinajstić information content (AvgIpc) is 2.73. The Bertz CT molecular complexity index is 562. The van der Waals surface area contributed by atoms with Gasteiger partial charge in [-0.1, -0.05) is 16.9 Å². The van der Waals surface area contributed by atoms with Gasteiger partial charge in [0.25, 0.3) is 5.22 Å². The SMILES string of the molecule is Cc1cc(-c2noc(SCC(=O)O)n2)cc(C)n1. The van der Waals surface area contributed by atoms with Crippen molar-refractivity contribution in [2.75, 3.05) is 5.75 Å². The molecule has 2 heterocycles. The first-order valence-corrected chi connectivity index (χ1v) is 6.17. The summed E-state index contributed by atoms with van der Waals surface area (Å²) >= 11 is 0.997. The van der Waals surface area contributed by atoms with E-state index in [0.29, 0.717) is 5.82 Å². The second-order valence-corrected chi connectivity index (χ2v) is 4.63. The molecule has 0 fully saturated rings. The zero-order valence-corrected chi connectivity index (χ0v) is 10.7. The molecule has 0 aliphatic heterocycles. The van der Waals surface area contributed by atoms with Gasteiger partial charge in [0.2, 0.25) is 5.82 Å². The van der Waals surface area contributed by atoms with Crippen LogP contribution in [-0.2, 0) is 4.79 Å². The molecular weight excluding hydrogens is 254 g/mol. The maximum Gasteiger partial charge on any atom is 0.314 e. The van der Waals surface area contributed by atoms with Crippen molar-refractivity contribution in [2.24, 2.45) is 0 Å². The van der Waals surface area contributed by atoms with Crippen LogP contribution in [0.4, 0.5) is 0 Å². The number of aryl methyl sites for hydroxylation is 2. The van der Waals surface area contributed by atoms with E-state index in [4.69, 9.17) is 9.63 Å². The van der Waals surface area contributed by atoms with E-state index in [1.165, 1.54) is 0 Å². The zero-order chi connectivity index (χ0) is 13.1. The summed E-state index contributed by atoms with van der Waals surface area (Å²) in [7, 11) is 0. The Labute approximate surface area is 107 Å². The predicted molar refractivity (Wildman–Crippen MR) is 65.4 cm³/mol. The summed E-state index contributed by atoms with van der Waals surface area (Å²) in [5.74, 6) is -0.581. The Balaban J connectivity index is 2.21. The Morgan fingerprint density at radius 2 is 2.00 bits per heavy atom. The van der Waals surface area contributed by atoms with E-state index in [0.717, 1.165) is 28.7 Å². The van der Waals surface area contributed by atoms with Crippen molar-refractivity contribution in [2.45, 2.75) is 19.1 Å². The molecule has 2 aromatic rings. The summed E-state index contributed by atoms with van der Waals surface area (Å²) in [4.78, 5) is 18.8. The summed E-state index contributed by atoms with van der Waals surface area (Å²) in [5, 5.41) is 12.6. The number of hydrogen-bond donors (Lipinski definition) is 1. The number of aromatic nitrogens is 3. The predicted octanol–water partition coefficient (Wildman–Crippen LogP) is 1.93. The van der Waals surface area contributed by atoms with E-state index in [1.807, 2.05) is 26.0 Å². The molecule has 1 N–H and O–H groups in total. The Morgan fingerprint density at radius 1 is 1.33 bits per heavy atom. The first-order chi connectivity index (χ1) is 8.54. The van der Waals surface area contributed by atoms with E-state index in [1.54, 1.807) is 0 Å². The lowest BCUT2D eigenvalue weighted by molar-refractivity contribution is -0.133. The highest BCUT2D eigenvalue weighted by Crippen LogP contribution is 2.22. The molecule has 0 saturated carbocycles. The minimum atomic E-state index is -0.921. The monoisotopic (exact) mass is 265 g/mol. The van der Waals surface area contributed by atoms with E-state index < -0.39 is 5.97 Å². The van der Waals surface area contributed by atoms with Gasteiger partial charge in [0.1, 0.15) is 5.75 Å².